The van der Waals surface area contributed by atoms with Gasteiger partial charge in [-0.3, -0.25) is 9.78 Å². The number of carbonyl (C=O) groups excluding carboxylic acids is 1. The van der Waals surface area contributed by atoms with Gasteiger partial charge in [-0.2, -0.15) is 4.31 Å². The summed E-state index contributed by atoms with van der Waals surface area (Å²) in [6.45, 7) is 5.22. The molecule has 0 aliphatic heterocycles. The zero-order chi connectivity index (χ0) is 27.5. The van der Waals surface area contributed by atoms with E-state index in [0.29, 0.717) is 19.4 Å². The van der Waals surface area contributed by atoms with Crippen LogP contribution in [0.15, 0.2) is 79.1 Å². The monoisotopic (exact) mass is 546 g/mol. The second kappa shape index (κ2) is 11.2. The first-order chi connectivity index (χ1) is 18.7. The Morgan fingerprint density at radius 3 is 2.36 bits per heavy atom. The van der Waals surface area contributed by atoms with E-state index < -0.39 is 15.4 Å². The van der Waals surface area contributed by atoms with Gasteiger partial charge in [0.1, 0.15) is 11.5 Å². The van der Waals surface area contributed by atoms with Crippen molar-refractivity contribution in [2.24, 2.45) is 16.7 Å². The molecule has 5 rings (SSSR count). The molecule has 0 saturated heterocycles. The van der Waals surface area contributed by atoms with Crippen LogP contribution in [0, 0.1) is 16.7 Å². The Kier molecular flexibility index (Phi) is 7.92. The van der Waals surface area contributed by atoms with Gasteiger partial charge in [-0.25, -0.2) is 8.42 Å². The maximum atomic E-state index is 14.1. The van der Waals surface area contributed by atoms with Crippen LogP contribution in [0.2, 0.25) is 0 Å². The number of ether oxygens (including phenoxy) is 1. The average Bonchev–Trinajstić information content (AvgIpc) is 3.26. The molecule has 2 aliphatic rings. The van der Waals surface area contributed by atoms with E-state index in [4.69, 9.17) is 4.74 Å². The Hall–Kier alpha value is -3.03. The lowest BCUT2D eigenvalue weighted by Crippen LogP contribution is -2.46. The number of hydrogen-bond donors (Lipinski definition) is 0. The van der Waals surface area contributed by atoms with Gasteiger partial charge in [0, 0.05) is 37.3 Å². The van der Waals surface area contributed by atoms with Gasteiger partial charge in [0.15, 0.2) is 0 Å². The molecule has 1 heterocycles. The van der Waals surface area contributed by atoms with Gasteiger partial charge >= 0.3 is 0 Å². The van der Waals surface area contributed by atoms with Crippen molar-refractivity contribution in [3.63, 3.8) is 0 Å². The normalized spacial score (nSPS) is 21.9. The Morgan fingerprint density at radius 1 is 0.949 bits per heavy atom. The third kappa shape index (κ3) is 5.80. The Bertz CT molecular complexity index is 1390. The van der Waals surface area contributed by atoms with E-state index in [9.17, 15) is 13.2 Å². The first-order valence-corrected chi connectivity index (χ1v) is 15.5. The third-order valence-corrected chi connectivity index (χ3v) is 11.0. The molecule has 2 saturated carbocycles. The second-order valence-electron chi connectivity index (χ2n) is 11.6. The first kappa shape index (κ1) is 27.5. The number of fused-ring (bicyclic) bond motifs is 2. The van der Waals surface area contributed by atoms with Gasteiger partial charge in [0.2, 0.25) is 10.0 Å². The van der Waals surface area contributed by atoms with Gasteiger partial charge in [0.05, 0.1) is 12.4 Å². The zero-order valence-corrected chi connectivity index (χ0v) is 23.7. The molecule has 2 atom stereocenters. The maximum Gasteiger partial charge on any atom is 0.215 e. The molecule has 2 aliphatic carbocycles. The van der Waals surface area contributed by atoms with Crippen LogP contribution in [0.3, 0.4) is 0 Å². The molecular weight excluding hydrogens is 508 g/mol. The smallest absolute Gasteiger partial charge is 0.215 e. The molecule has 206 valence electrons. The Labute approximate surface area is 232 Å². The van der Waals surface area contributed by atoms with Crippen LogP contribution in [0.1, 0.15) is 56.2 Å². The number of sulfonamides is 1. The number of benzene rings is 2. The van der Waals surface area contributed by atoms with Crippen LogP contribution in [-0.2, 0) is 34.3 Å². The minimum Gasteiger partial charge on any atom is -0.494 e. The highest BCUT2D eigenvalue weighted by molar-refractivity contribution is 7.89. The second-order valence-corrected chi connectivity index (χ2v) is 13.6. The number of hydrogen-bond acceptors (Lipinski definition) is 5. The number of aryl methyl sites for hydroxylation is 1. The zero-order valence-electron chi connectivity index (χ0n) is 22.9. The number of Topliss-reactive ketones (excluding diaryl/α,β-unsaturated/α-hetero) is 1. The van der Waals surface area contributed by atoms with Crippen LogP contribution in [0.5, 0.6) is 5.75 Å². The van der Waals surface area contributed by atoms with Gasteiger partial charge in [-0.1, -0.05) is 56.3 Å². The van der Waals surface area contributed by atoms with Crippen LogP contribution >= 0.6 is 0 Å². The van der Waals surface area contributed by atoms with E-state index in [1.54, 1.807) is 16.7 Å². The highest BCUT2D eigenvalue weighted by Crippen LogP contribution is 2.64. The molecule has 3 aromatic rings. The lowest BCUT2D eigenvalue weighted by atomic mass is 9.70. The molecule has 2 aromatic carbocycles. The predicted molar refractivity (Wildman–Crippen MR) is 153 cm³/mol. The summed E-state index contributed by atoms with van der Waals surface area (Å²) in [7, 11) is -3.75. The van der Waals surface area contributed by atoms with Crippen LogP contribution in [0.25, 0.3) is 0 Å². The van der Waals surface area contributed by atoms with Crippen molar-refractivity contribution in [2.75, 3.05) is 12.4 Å². The van der Waals surface area contributed by atoms with Crippen molar-refractivity contribution >= 4 is 15.8 Å². The van der Waals surface area contributed by atoms with Crippen LogP contribution in [-0.4, -0.2) is 35.8 Å². The number of rotatable bonds is 12. The molecule has 0 radical (unpaired) electrons. The van der Waals surface area contributed by atoms with Crippen LogP contribution in [0.4, 0.5) is 0 Å². The molecule has 6 nitrogen and oxygen atoms in total. The molecule has 2 bridgehead atoms. The summed E-state index contributed by atoms with van der Waals surface area (Å²) in [5.74, 6) is 0.994. The standard InChI is InChI=1S/C32H38N2O4S/c1-31(2)28-13-16-32(31,30(35)21-28)24-39(36,37)34(22-26-8-4-3-5-9-26)23-27-10-6-12-29(20-27)38-19-7-11-25-14-17-33-18-15-25/h3-6,8-10,12,14-15,17-18,20,28H,7,11,13,16,19,21-24H2,1-2H3. The number of pyridine rings is 1. The van der Waals surface area contributed by atoms with E-state index >= 15 is 0 Å². The lowest BCUT2D eigenvalue weighted by molar-refractivity contribution is -0.128. The van der Waals surface area contributed by atoms with E-state index in [1.165, 1.54) is 5.56 Å². The quantitative estimate of drug-likeness (QED) is 0.268. The topological polar surface area (TPSA) is 76.6 Å². The predicted octanol–water partition coefficient (Wildman–Crippen LogP) is 5.82. The van der Waals surface area contributed by atoms with Gasteiger partial charge in [-0.05, 0) is 78.0 Å². The average molecular weight is 547 g/mol. The largest absolute Gasteiger partial charge is 0.494 e. The molecular formula is C32H38N2O4S. The first-order valence-electron chi connectivity index (χ1n) is 13.9. The molecule has 0 spiro atoms. The van der Waals surface area contributed by atoms with Crippen molar-refractivity contribution in [1.82, 2.24) is 9.29 Å². The summed E-state index contributed by atoms with van der Waals surface area (Å²) >= 11 is 0. The fraction of sp³-hybridized carbons (Fsp3) is 0.438. The van der Waals surface area contributed by atoms with Crippen LogP contribution < -0.4 is 4.74 Å². The van der Waals surface area contributed by atoms with E-state index in [0.717, 1.165) is 36.1 Å². The Balaban J connectivity index is 1.32. The molecule has 2 unspecified atom stereocenters. The maximum absolute atomic E-state index is 14.1. The van der Waals surface area contributed by atoms with E-state index in [2.05, 4.69) is 18.8 Å². The highest BCUT2D eigenvalue weighted by Gasteiger charge is 2.65. The third-order valence-electron chi connectivity index (χ3n) is 9.05. The number of nitrogens with zero attached hydrogens (tertiary/aromatic N) is 2. The van der Waals surface area contributed by atoms with Crippen molar-refractivity contribution in [3.8, 4) is 5.75 Å². The van der Waals surface area contributed by atoms with E-state index in [-0.39, 0.29) is 36.0 Å². The molecule has 0 amide bonds. The van der Waals surface area contributed by atoms with Crippen molar-refractivity contribution < 1.29 is 17.9 Å². The summed E-state index contributed by atoms with van der Waals surface area (Å²) in [6, 6.07) is 21.3. The summed E-state index contributed by atoms with van der Waals surface area (Å²) in [5.41, 5.74) is 1.90. The molecule has 39 heavy (non-hydrogen) atoms. The minimum absolute atomic E-state index is 0.120. The minimum atomic E-state index is -3.75. The van der Waals surface area contributed by atoms with Gasteiger partial charge < -0.3 is 4.74 Å². The van der Waals surface area contributed by atoms with Crippen molar-refractivity contribution in [2.45, 2.75) is 59.0 Å². The van der Waals surface area contributed by atoms with Gasteiger partial charge in [-0.15, -0.1) is 0 Å². The SMILES string of the molecule is CC1(C)C2CCC1(CS(=O)(=O)N(Cc1ccccc1)Cc1cccc(OCCCc3ccncc3)c1)C(=O)C2. The molecule has 2 fully saturated rings. The molecule has 7 heteroatoms. The lowest BCUT2D eigenvalue weighted by Gasteiger charge is -2.37. The Morgan fingerprint density at radius 2 is 1.67 bits per heavy atom. The van der Waals surface area contributed by atoms with Gasteiger partial charge in [0.25, 0.3) is 0 Å². The van der Waals surface area contributed by atoms with Crippen molar-refractivity contribution in [3.05, 3.63) is 95.8 Å². The number of ketones is 1. The summed E-state index contributed by atoms with van der Waals surface area (Å²) in [4.78, 5) is 17.2. The molecule has 0 N–H and O–H groups in total. The highest BCUT2D eigenvalue weighted by atomic mass is 32.2. The molecule has 1 aromatic heterocycles. The number of aromatic nitrogens is 1. The van der Waals surface area contributed by atoms with E-state index in [1.807, 2.05) is 66.7 Å². The fourth-order valence-electron chi connectivity index (χ4n) is 6.50. The van der Waals surface area contributed by atoms with Crippen molar-refractivity contribution in [1.29, 1.82) is 0 Å². The summed E-state index contributed by atoms with van der Waals surface area (Å²) in [5, 5.41) is 0. The number of carbonyl (C=O) groups is 1. The summed E-state index contributed by atoms with van der Waals surface area (Å²) in [6.07, 6.45) is 7.45. The summed E-state index contributed by atoms with van der Waals surface area (Å²) < 4.78 is 35.7. The fourth-order valence-corrected chi connectivity index (χ4v) is 8.68.